The molecule has 0 unspecified atom stereocenters. The van der Waals surface area contributed by atoms with E-state index < -0.39 is 18.6 Å². The fraction of sp³-hybridized carbons (Fsp3) is 0.348. The van der Waals surface area contributed by atoms with Gasteiger partial charge < -0.3 is 20.9 Å². The van der Waals surface area contributed by atoms with Gasteiger partial charge in [-0.2, -0.15) is 0 Å². The Morgan fingerprint density at radius 2 is 2.12 bits per heavy atom. The quantitative estimate of drug-likeness (QED) is 0.487. The minimum absolute atomic E-state index is 0.0764. The van der Waals surface area contributed by atoms with Crippen LogP contribution in [0.25, 0.3) is 21.9 Å². The highest BCUT2D eigenvalue weighted by atomic mass is 19.1. The van der Waals surface area contributed by atoms with Crippen molar-refractivity contribution in [3.63, 3.8) is 0 Å². The van der Waals surface area contributed by atoms with Crippen molar-refractivity contribution >= 4 is 34.1 Å². The number of pyridine rings is 2. The average Bonchev–Trinajstić information content (AvgIpc) is 2.80. The first-order valence-electron chi connectivity index (χ1n) is 10.9. The van der Waals surface area contributed by atoms with Crippen LogP contribution in [0.15, 0.2) is 24.5 Å². The van der Waals surface area contributed by atoms with E-state index in [9.17, 15) is 14.3 Å². The minimum atomic E-state index is -1.16. The van der Waals surface area contributed by atoms with Crippen LogP contribution in [0, 0.1) is 12.7 Å². The Morgan fingerprint density at radius 3 is 2.85 bits per heavy atom. The van der Waals surface area contributed by atoms with Gasteiger partial charge in [0, 0.05) is 55.1 Å². The van der Waals surface area contributed by atoms with Crippen molar-refractivity contribution in [2.75, 3.05) is 55.4 Å². The predicted molar refractivity (Wildman–Crippen MR) is 125 cm³/mol. The number of carbonyl (C=O) groups is 1. The van der Waals surface area contributed by atoms with Crippen molar-refractivity contribution in [3.8, 4) is 17.0 Å². The van der Waals surface area contributed by atoms with Gasteiger partial charge in [0.15, 0.2) is 5.82 Å². The van der Waals surface area contributed by atoms with Gasteiger partial charge in [0.2, 0.25) is 5.88 Å². The predicted octanol–water partition coefficient (Wildman–Crippen LogP) is 3.27. The number of hydrogen-bond donors (Lipinski definition) is 3. The Morgan fingerprint density at radius 1 is 1.32 bits per heavy atom. The fourth-order valence-electron chi connectivity index (χ4n) is 4.56. The first-order valence-corrected chi connectivity index (χ1v) is 10.9. The molecule has 0 saturated carbocycles. The summed E-state index contributed by atoms with van der Waals surface area (Å²) in [6.07, 6.45) is 1.77. The zero-order valence-electron chi connectivity index (χ0n) is 18.5. The lowest BCUT2D eigenvalue weighted by Crippen LogP contribution is -2.61. The summed E-state index contributed by atoms with van der Waals surface area (Å²) in [6, 6.07) is 2.87. The number of fused-ring (bicyclic) bond motifs is 2. The molecule has 2 aliphatic heterocycles. The van der Waals surface area contributed by atoms with E-state index in [2.05, 4.69) is 15.3 Å². The molecule has 4 N–H and O–H groups in total. The van der Waals surface area contributed by atoms with Crippen LogP contribution in [-0.2, 0) is 0 Å². The lowest BCUT2D eigenvalue weighted by Gasteiger charge is -2.43. The number of nitrogens with two attached hydrogens (primary N) is 1. The molecule has 0 aliphatic carbocycles. The zero-order valence-corrected chi connectivity index (χ0v) is 18.5. The Hall–Kier alpha value is -3.73. The summed E-state index contributed by atoms with van der Waals surface area (Å²) < 4.78 is 33.5. The van der Waals surface area contributed by atoms with E-state index in [1.54, 1.807) is 18.3 Å². The van der Waals surface area contributed by atoms with Crippen LogP contribution in [0.3, 0.4) is 0 Å². The Bertz CT molecular complexity index is 1280. The van der Waals surface area contributed by atoms with E-state index in [0.717, 1.165) is 5.56 Å². The number of nitrogens with one attached hydrogen (secondary N) is 1. The van der Waals surface area contributed by atoms with Gasteiger partial charge >= 0.3 is 6.09 Å². The van der Waals surface area contributed by atoms with Crippen LogP contribution in [0.2, 0.25) is 0 Å². The molecule has 3 aromatic rings. The van der Waals surface area contributed by atoms with Crippen LogP contribution >= 0.6 is 0 Å². The number of ether oxygens (including phenoxy) is 1. The largest absolute Gasteiger partial charge is 0.474 e. The van der Waals surface area contributed by atoms with Crippen LogP contribution < -0.4 is 20.7 Å². The monoisotopic (exact) mass is 470 g/mol. The number of likely N-dealkylation sites (tertiary alicyclic amines) is 1. The number of aromatic nitrogens is 2. The highest BCUT2D eigenvalue weighted by molar-refractivity contribution is 5.99. The van der Waals surface area contributed by atoms with E-state index in [4.69, 9.17) is 10.5 Å². The average molecular weight is 470 g/mol. The third kappa shape index (κ3) is 3.61. The molecule has 1 saturated heterocycles. The van der Waals surface area contributed by atoms with Gasteiger partial charge in [-0.25, -0.2) is 23.5 Å². The standard InChI is InChI=1S/C23H24F2N6O3/c1-12-16(8-29-22-21(12)27-3-5-34-22)15-6-13-7-18(28-9-17(13)20(26)19(15)25)31(23(32)33)14-10-30(11-14)4-2-24/h6-9,14,27H,2-5,10-11,26H2,1H3,(H,32,33). The SMILES string of the molecule is Cc1c(-c2cc3cc(N(C(=O)O)C4CN(CCF)C4)ncc3c(N)c2F)cnc2c1NCCO2. The highest BCUT2D eigenvalue weighted by Gasteiger charge is 2.36. The third-order valence-corrected chi connectivity index (χ3v) is 6.38. The number of carboxylic acid groups (broad SMARTS) is 1. The van der Waals surface area contributed by atoms with E-state index in [0.29, 0.717) is 54.1 Å². The van der Waals surface area contributed by atoms with Crippen molar-refractivity contribution in [3.05, 3.63) is 35.9 Å². The number of nitrogens with zero attached hydrogens (tertiary/aromatic N) is 4. The maximum atomic E-state index is 15.4. The van der Waals surface area contributed by atoms with E-state index >= 15 is 4.39 Å². The van der Waals surface area contributed by atoms with Crippen molar-refractivity contribution in [1.82, 2.24) is 14.9 Å². The molecule has 9 nitrogen and oxygen atoms in total. The molecule has 11 heteroatoms. The van der Waals surface area contributed by atoms with Crippen LogP contribution in [-0.4, -0.2) is 71.6 Å². The summed E-state index contributed by atoms with van der Waals surface area (Å²) >= 11 is 0. The van der Waals surface area contributed by atoms with Gasteiger partial charge in [-0.15, -0.1) is 0 Å². The van der Waals surface area contributed by atoms with Gasteiger partial charge in [-0.3, -0.25) is 9.80 Å². The molecule has 0 atom stereocenters. The lowest BCUT2D eigenvalue weighted by molar-refractivity contribution is 0.127. The molecule has 5 rings (SSSR count). The summed E-state index contributed by atoms with van der Waals surface area (Å²) in [5.41, 5.74) is 8.33. The van der Waals surface area contributed by atoms with Crippen molar-refractivity contribution in [1.29, 1.82) is 0 Å². The van der Waals surface area contributed by atoms with Crippen molar-refractivity contribution in [2.45, 2.75) is 13.0 Å². The Balaban J connectivity index is 1.57. The third-order valence-electron chi connectivity index (χ3n) is 6.38. The molecule has 2 aliphatic rings. The summed E-state index contributed by atoms with van der Waals surface area (Å²) in [5.74, 6) is 0.0735. The van der Waals surface area contributed by atoms with E-state index in [1.165, 1.54) is 11.1 Å². The van der Waals surface area contributed by atoms with Crippen LogP contribution in [0.4, 0.5) is 30.8 Å². The molecule has 0 radical (unpaired) electrons. The van der Waals surface area contributed by atoms with Crippen LogP contribution in [0.1, 0.15) is 5.56 Å². The molecule has 0 spiro atoms. The lowest BCUT2D eigenvalue weighted by atomic mass is 9.97. The number of nitrogen functional groups attached to an aromatic ring is 1. The number of rotatable bonds is 5. The van der Waals surface area contributed by atoms with Gasteiger partial charge in [0.1, 0.15) is 24.8 Å². The maximum absolute atomic E-state index is 15.4. The number of benzene rings is 1. The molecule has 2 aromatic heterocycles. The number of hydrogen-bond acceptors (Lipinski definition) is 7. The molecule has 4 heterocycles. The van der Waals surface area contributed by atoms with E-state index in [1.807, 2.05) is 11.8 Å². The normalized spacial score (nSPS) is 15.9. The number of amides is 1. The molecule has 178 valence electrons. The number of alkyl halides is 1. The number of halogens is 2. The van der Waals surface area contributed by atoms with Crippen molar-refractivity contribution in [2.24, 2.45) is 0 Å². The second kappa shape index (κ2) is 8.56. The van der Waals surface area contributed by atoms with E-state index in [-0.39, 0.29) is 29.7 Å². The van der Waals surface area contributed by atoms with Gasteiger partial charge in [-0.1, -0.05) is 0 Å². The summed E-state index contributed by atoms with van der Waals surface area (Å²) in [7, 11) is 0. The zero-order chi connectivity index (χ0) is 24.0. The Kier molecular flexibility index (Phi) is 5.56. The first kappa shape index (κ1) is 22.1. The molecule has 1 amide bonds. The molecule has 34 heavy (non-hydrogen) atoms. The Labute approximate surface area is 194 Å². The summed E-state index contributed by atoms with van der Waals surface area (Å²) in [5, 5.41) is 14.0. The number of anilines is 3. The fourth-order valence-corrected chi connectivity index (χ4v) is 4.56. The van der Waals surface area contributed by atoms with Crippen molar-refractivity contribution < 1.29 is 23.4 Å². The highest BCUT2D eigenvalue weighted by Crippen LogP contribution is 2.40. The van der Waals surface area contributed by atoms with Crippen LogP contribution in [0.5, 0.6) is 5.88 Å². The second-order valence-corrected chi connectivity index (χ2v) is 8.42. The smallest absolute Gasteiger partial charge is 0.413 e. The molecule has 1 fully saturated rings. The summed E-state index contributed by atoms with van der Waals surface area (Å²) in [4.78, 5) is 23.6. The molecular weight excluding hydrogens is 446 g/mol. The second-order valence-electron chi connectivity index (χ2n) is 8.42. The minimum Gasteiger partial charge on any atom is -0.474 e. The van der Waals surface area contributed by atoms with Gasteiger partial charge in [0.05, 0.1) is 11.7 Å². The van der Waals surface area contributed by atoms with Gasteiger partial charge in [-0.05, 0) is 30.0 Å². The molecule has 0 bridgehead atoms. The topological polar surface area (TPSA) is 117 Å². The first-order chi connectivity index (χ1) is 16.4. The molecular formula is C23H24F2N6O3. The summed E-state index contributed by atoms with van der Waals surface area (Å²) in [6.45, 7) is 3.58. The maximum Gasteiger partial charge on any atom is 0.413 e. The van der Waals surface area contributed by atoms with Gasteiger partial charge in [0.25, 0.3) is 0 Å². The molecule has 1 aromatic carbocycles.